The van der Waals surface area contributed by atoms with Gasteiger partial charge < -0.3 is 14.1 Å². The van der Waals surface area contributed by atoms with Gasteiger partial charge in [0, 0.05) is 37.4 Å². The molecule has 31 heavy (non-hydrogen) atoms. The molecule has 5 nitrogen and oxygen atoms in total. The van der Waals surface area contributed by atoms with Gasteiger partial charge in [0.2, 0.25) is 0 Å². The third kappa shape index (κ3) is 5.55. The van der Waals surface area contributed by atoms with Crippen molar-refractivity contribution in [3.8, 4) is 0 Å². The minimum absolute atomic E-state index is 0.0325. The van der Waals surface area contributed by atoms with E-state index in [0.717, 1.165) is 62.3 Å². The van der Waals surface area contributed by atoms with Crippen molar-refractivity contribution in [3.05, 3.63) is 58.8 Å². The van der Waals surface area contributed by atoms with Crippen molar-refractivity contribution in [2.24, 2.45) is 5.92 Å². The van der Waals surface area contributed by atoms with E-state index in [2.05, 4.69) is 4.90 Å². The summed E-state index contributed by atoms with van der Waals surface area (Å²) in [6, 6.07) is 8.91. The number of amides is 1. The van der Waals surface area contributed by atoms with Crippen LogP contribution in [0.25, 0.3) is 0 Å². The third-order valence-corrected chi connectivity index (χ3v) is 6.51. The largest absolute Gasteiger partial charge is 0.456 e. The predicted octanol–water partition coefficient (Wildman–Crippen LogP) is 4.57. The van der Waals surface area contributed by atoms with Crippen LogP contribution in [0.3, 0.4) is 0 Å². The highest BCUT2D eigenvalue weighted by atomic mass is 19.1. The first-order chi connectivity index (χ1) is 15.0. The number of carbonyl (C=O) groups is 1. The van der Waals surface area contributed by atoms with Crippen molar-refractivity contribution in [2.75, 3.05) is 32.8 Å². The number of rotatable bonds is 7. The number of likely N-dealkylation sites (tertiary alicyclic amines) is 1. The Morgan fingerprint density at radius 3 is 2.58 bits per heavy atom. The number of ether oxygens (including phenoxy) is 1. The molecule has 4 rings (SSSR count). The molecule has 1 unspecified atom stereocenters. The Morgan fingerprint density at radius 1 is 1.16 bits per heavy atom. The second-order valence-corrected chi connectivity index (χ2v) is 9.03. The van der Waals surface area contributed by atoms with E-state index in [1.165, 1.54) is 6.07 Å². The number of hydrogen-bond donors (Lipinski definition) is 0. The van der Waals surface area contributed by atoms with E-state index in [4.69, 9.17) is 9.15 Å². The van der Waals surface area contributed by atoms with Crippen LogP contribution in [-0.4, -0.2) is 54.6 Å². The Morgan fingerprint density at radius 2 is 1.94 bits per heavy atom. The number of piperidine rings is 1. The maximum absolute atomic E-state index is 14.0. The highest BCUT2D eigenvalue weighted by Gasteiger charge is 2.30. The van der Waals surface area contributed by atoms with E-state index in [1.54, 1.807) is 6.07 Å². The van der Waals surface area contributed by atoms with Crippen LogP contribution in [0.4, 0.5) is 4.39 Å². The molecule has 2 aliphatic rings. The quantitative estimate of drug-likeness (QED) is 0.648. The van der Waals surface area contributed by atoms with Crippen LogP contribution in [0.2, 0.25) is 0 Å². The number of carbonyl (C=O) groups excluding carboxylic acids is 1. The summed E-state index contributed by atoms with van der Waals surface area (Å²) in [6.45, 7) is 8.39. The van der Waals surface area contributed by atoms with Gasteiger partial charge in [-0.1, -0.05) is 18.2 Å². The summed E-state index contributed by atoms with van der Waals surface area (Å²) >= 11 is 0. The fourth-order valence-corrected chi connectivity index (χ4v) is 4.78. The Hall–Kier alpha value is -2.18. The van der Waals surface area contributed by atoms with Gasteiger partial charge in [-0.15, -0.1) is 0 Å². The Kier molecular flexibility index (Phi) is 7.08. The van der Waals surface area contributed by atoms with Gasteiger partial charge in [0.05, 0.1) is 6.10 Å². The average molecular weight is 429 g/mol. The average Bonchev–Trinajstić information content (AvgIpc) is 3.39. The maximum atomic E-state index is 14.0. The fraction of sp³-hybridized carbons (Fsp3) is 0.560. The number of halogens is 1. The van der Waals surface area contributed by atoms with Crippen molar-refractivity contribution in [3.63, 3.8) is 0 Å². The molecule has 2 aromatic rings. The number of hydrogen-bond acceptors (Lipinski definition) is 4. The summed E-state index contributed by atoms with van der Waals surface area (Å²) in [5, 5.41) is 0. The van der Waals surface area contributed by atoms with Crippen LogP contribution in [0.5, 0.6) is 0 Å². The second kappa shape index (κ2) is 9.96. The molecule has 1 aromatic carbocycles. The van der Waals surface area contributed by atoms with Crippen molar-refractivity contribution in [2.45, 2.75) is 52.2 Å². The van der Waals surface area contributed by atoms with Gasteiger partial charge in [-0.3, -0.25) is 9.69 Å². The minimum atomic E-state index is -0.137. The Bertz CT molecular complexity index is 883. The van der Waals surface area contributed by atoms with Gasteiger partial charge in [-0.25, -0.2) is 4.39 Å². The van der Waals surface area contributed by atoms with Gasteiger partial charge >= 0.3 is 0 Å². The van der Waals surface area contributed by atoms with Crippen molar-refractivity contribution in [1.29, 1.82) is 0 Å². The van der Waals surface area contributed by atoms with Crippen LogP contribution >= 0.6 is 0 Å². The number of benzene rings is 1. The van der Waals surface area contributed by atoms with E-state index in [0.29, 0.717) is 31.3 Å². The molecule has 168 valence electrons. The summed E-state index contributed by atoms with van der Waals surface area (Å²) in [5.41, 5.74) is 1.64. The molecule has 0 saturated carbocycles. The SMILES string of the molecule is Cc1cc(C)c(C(=O)N(CC2CCN(Cc3ccccc3F)CC2)CC2CCCO2)o1. The lowest BCUT2D eigenvalue weighted by Gasteiger charge is -2.35. The van der Waals surface area contributed by atoms with E-state index < -0.39 is 0 Å². The lowest BCUT2D eigenvalue weighted by molar-refractivity contribution is 0.0421. The van der Waals surface area contributed by atoms with E-state index in [9.17, 15) is 9.18 Å². The van der Waals surface area contributed by atoms with Crippen molar-refractivity contribution >= 4 is 5.91 Å². The van der Waals surface area contributed by atoms with Gasteiger partial charge in [-0.2, -0.15) is 0 Å². The number of furan rings is 1. The molecule has 3 heterocycles. The molecule has 1 aromatic heterocycles. The third-order valence-electron chi connectivity index (χ3n) is 6.51. The normalized spacial score (nSPS) is 20.3. The van der Waals surface area contributed by atoms with Crippen LogP contribution < -0.4 is 0 Å². The molecular formula is C25H33FN2O3. The van der Waals surface area contributed by atoms with Crippen molar-refractivity contribution < 1.29 is 18.3 Å². The van der Waals surface area contributed by atoms with Gasteiger partial charge in [0.1, 0.15) is 11.6 Å². The van der Waals surface area contributed by atoms with Crippen LogP contribution in [0, 0.1) is 25.6 Å². The first kappa shape index (κ1) is 22.0. The summed E-state index contributed by atoms with van der Waals surface area (Å²) in [7, 11) is 0. The molecular weight excluding hydrogens is 395 g/mol. The summed E-state index contributed by atoms with van der Waals surface area (Å²) in [4.78, 5) is 17.6. The molecule has 0 N–H and O–H groups in total. The maximum Gasteiger partial charge on any atom is 0.289 e. The number of aryl methyl sites for hydroxylation is 2. The monoisotopic (exact) mass is 428 g/mol. The Balaban J connectivity index is 1.37. The van der Waals surface area contributed by atoms with E-state index in [1.807, 2.05) is 36.9 Å². The number of nitrogens with zero attached hydrogens (tertiary/aromatic N) is 2. The standard InChI is InChI=1S/C25H33FN2O3/c1-18-14-19(2)31-24(18)25(29)28(17-22-7-5-13-30-22)15-20-9-11-27(12-10-20)16-21-6-3-4-8-23(21)26/h3-4,6,8,14,20,22H,5,7,9-13,15-17H2,1-2H3. The molecule has 1 atom stereocenters. The minimum Gasteiger partial charge on any atom is -0.456 e. The fourth-order valence-electron chi connectivity index (χ4n) is 4.78. The van der Waals surface area contributed by atoms with Crippen LogP contribution in [0.15, 0.2) is 34.7 Å². The molecule has 2 fully saturated rings. The van der Waals surface area contributed by atoms with Gasteiger partial charge in [0.15, 0.2) is 5.76 Å². The first-order valence-corrected chi connectivity index (χ1v) is 11.4. The summed E-state index contributed by atoms with van der Waals surface area (Å²) < 4.78 is 25.5. The molecule has 1 amide bonds. The molecule has 0 spiro atoms. The van der Waals surface area contributed by atoms with E-state index in [-0.39, 0.29) is 17.8 Å². The van der Waals surface area contributed by atoms with Gasteiger partial charge in [0.25, 0.3) is 5.91 Å². The van der Waals surface area contributed by atoms with Crippen molar-refractivity contribution in [1.82, 2.24) is 9.80 Å². The highest BCUT2D eigenvalue weighted by Crippen LogP contribution is 2.24. The first-order valence-electron chi connectivity index (χ1n) is 11.4. The van der Waals surface area contributed by atoms with Crippen LogP contribution in [-0.2, 0) is 11.3 Å². The lowest BCUT2D eigenvalue weighted by Crippen LogP contribution is -2.43. The zero-order chi connectivity index (χ0) is 21.8. The second-order valence-electron chi connectivity index (χ2n) is 9.03. The smallest absolute Gasteiger partial charge is 0.289 e. The molecule has 0 radical (unpaired) electrons. The van der Waals surface area contributed by atoms with Gasteiger partial charge in [-0.05, 0) is 70.7 Å². The highest BCUT2D eigenvalue weighted by molar-refractivity contribution is 5.93. The molecule has 2 aliphatic heterocycles. The summed E-state index contributed by atoms with van der Waals surface area (Å²) in [6.07, 6.45) is 4.17. The molecule has 6 heteroatoms. The van der Waals surface area contributed by atoms with E-state index >= 15 is 0 Å². The topological polar surface area (TPSA) is 45.9 Å². The molecule has 0 aliphatic carbocycles. The Labute approximate surface area is 184 Å². The lowest BCUT2D eigenvalue weighted by atomic mass is 9.95. The zero-order valence-electron chi connectivity index (χ0n) is 18.6. The zero-order valence-corrected chi connectivity index (χ0v) is 18.6. The molecule has 0 bridgehead atoms. The predicted molar refractivity (Wildman–Crippen MR) is 117 cm³/mol. The summed E-state index contributed by atoms with van der Waals surface area (Å²) in [5.74, 6) is 1.47. The van der Waals surface area contributed by atoms with Crippen LogP contribution in [0.1, 0.15) is 53.1 Å². The molecule has 2 saturated heterocycles.